The molecule has 2 aliphatic heterocycles. The van der Waals surface area contributed by atoms with Gasteiger partial charge in [0.2, 0.25) is 0 Å². The number of hydrogen-bond donors (Lipinski definition) is 0. The van der Waals surface area contributed by atoms with Gasteiger partial charge in [0.05, 0.1) is 12.7 Å². The SMILES string of the molecule is COc1ccccc1C1=C(N2CCN(C)CC2)C(=O)N(CCc2ccccc2)C1=O. The fourth-order valence-electron chi connectivity index (χ4n) is 4.07. The lowest BCUT2D eigenvalue weighted by molar-refractivity contribution is -0.137. The Balaban J connectivity index is 1.69. The summed E-state index contributed by atoms with van der Waals surface area (Å²) in [5.41, 5.74) is 2.74. The van der Waals surface area contributed by atoms with Crippen molar-refractivity contribution in [2.45, 2.75) is 6.42 Å². The molecular formula is C24H27N3O3. The molecular weight excluding hydrogens is 378 g/mol. The molecule has 0 bridgehead atoms. The quantitative estimate of drug-likeness (QED) is 0.690. The van der Waals surface area contributed by atoms with Crippen molar-refractivity contribution in [1.82, 2.24) is 14.7 Å². The molecule has 1 saturated heterocycles. The minimum Gasteiger partial charge on any atom is -0.496 e. The first-order chi connectivity index (χ1) is 14.6. The van der Waals surface area contributed by atoms with Crippen molar-refractivity contribution in [3.63, 3.8) is 0 Å². The maximum absolute atomic E-state index is 13.5. The highest BCUT2D eigenvalue weighted by Gasteiger charge is 2.42. The highest BCUT2D eigenvalue weighted by molar-refractivity contribution is 6.36. The molecule has 2 aliphatic rings. The summed E-state index contributed by atoms with van der Waals surface area (Å²) >= 11 is 0. The minimum absolute atomic E-state index is 0.207. The van der Waals surface area contributed by atoms with Gasteiger partial charge in [0, 0.05) is 38.3 Å². The molecule has 0 saturated carbocycles. The van der Waals surface area contributed by atoms with E-state index in [1.165, 1.54) is 4.90 Å². The number of ether oxygens (including phenoxy) is 1. The van der Waals surface area contributed by atoms with Gasteiger partial charge < -0.3 is 14.5 Å². The molecule has 2 aromatic rings. The smallest absolute Gasteiger partial charge is 0.277 e. The normalized spacial score (nSPS) is 17.8. The van der Waals surface area contributed by atoms with E-state index in [9.17, 15) is 9.59 Å². The second-order valence-electron chi connectivity index (χ2n) is 7.71. The van der Waals surface area contributed by atoms with Crippen LogP contribution in [0.15, 0.2) is 60.3 Å². The van der Waals surface area contributed by atoms with Crippen molar-refractivity contribution >= 4 is 17.4 Å². The van der Waals surface area contributed by atoms with Crippen LogP contribution < -0.4 is 4.74 Å². The monoisotopic (exact) mass is 405 g/mol. The summed E-state index contributed by atoms with van der Waals surface area (Å²) in [6, 6.07) is 17.4. The molecule has 6 heteroatoms. The molecule has 2 heterocycles. The number of methoxy groups -OCH3 is 1. The van der Waals surface area contributed by atoms with Gasteiger partial charge in [0.15, 0.2) is 0 Å². The number of hydrogen-bond acceptors (Lipinski definition) is 5. The molecule has 30 heavy (non-hydrogen) atoms. The number of carbonyl (C=O) groups excluding carboxylic acids is 2. The Bertz CT molecular complexity index is 963. The maximum Gasteiger partial charge on any atom is 0.277 e. The van der Waals surface area contributed by atoms with Gasteiger partial charge in [-0.05, 0) is 25.1 Å². The molecule has 1 fully saturated rings. The minimum atomic E-state index is -0.241. The number of likely N-dealkylation sites (N-methyl/N-ethyl adjacent to an activating group) is 1. The van der Waals surface area contributed by atoms with Gasteiger partial charge in [0.1, 0.15) is 11.4 Å². The largest absolute Gasteiger partial charge is 0.496 e. The average Bonchev–Trinajstić information content (AvgIpc) is 3.03. The van der Waals surface area contributed by atoms with Gasteiger partial charge in [0.25, 0.3) is 11.8 Å². The average molecular weight is 405 g/mol. The van der Waals surface area contributed by atoms with Crippen molar-refractivity contribution in [2.75, 3.05) is 46.9 Å². The molecule has 0 spiro atoms. The van der Waals surface area contributed by atoms with E-state index in [-0.39, 0.29) is 11.8 Å². The molecule has 0 aliphatic carbocycles. The van der Waals surface area contributed by atoms with Crippen LogP contribution in [0.1, 0.15) is 11.1 Å². The number of carbonyl (C=O) groups is 2. The second-order valence-corrected chi connectivity index (χ2v) is 7.71. The van der Waals surface area contributed by atoms with Crippen LogP contribution in [0, 0.1) is 0 Å². The van der Waals surface area contributed by atoms with E-state index >= 15 is 0 Å². The van der Waals surface area contributed by atoms with Crippen molar-refractivity contribution in [3.8, 4) is 5.75 Å². The molecule has 2 amide bonds. The highest BCUT2D eigenvalue weighted by Crippen LogP contribution is 2.36. The standard InChI is InChI=1S/C24H27N3O3/c1-25-14-16-26(17-15-25)22-21(19-10-6-7-11-20(19)30-2)23(28)27(24(22)29)13-12-18-8-4-3-5-9-18/h3-11H,12-17H2,1-2H3. The summed E-state index contributed by atoms with van der Waals surface area (Å²) < 4.78 is 5.52. The Morgan fingerprint density at radius 2 is 1.53 bits per heavy atom. The van der Waals surface area contributed by atoms with Crippen LogP contribution in [-0.2, 0) is 16.0 Å². The van der Waals surface area contributed by atoms with Crippen LogP contribution in [0.25, 0.3) is 5.57 Å². The number of nitrogens with zero attached hydrogens (tertiary/aromatic N) is 3. The summed E-state index contributed by atoms with van der Waals surface area (Å²) in [5.74, 6) is 0.154. The van der Waals surface area contributed by atoms with Crippen LogP contribution >= 0.6 is 0 Å². The second kappa shape index (κ2) is 8.71. The Morgan fingerprint density at radius 3 is 2.23 bits per heavy atom. The predicted octanol–water partition coefficient (Wildman–Crippen LogP) is 2.27. The molecule has 0 aromatic heterocycles. The van der Waals surface area contributed by atoms with Crippen molar-refractivity contribution in [3.05, 3.63) is 71.4 Å². The van der Waals surface area contributed by atoms with Gasteiger partial charge >= 0.3 is 0 Å². The third-order valence-electron chi connectivity index (χ3n) is 5.81. The van der Waals surface area contributed by atoms with E-state index in [1.54, 1.807) is 7.11 Å². The molecule has 6 nitrogen and oxygen atoms in total. The molecule has 2 aromatic carbocycles. The summed E-state index contributed by atoms with van der Waals surface area (Å²) in [5, 5.41) is 0. The lowest BCUT2D eigenvalue weighted by Gasteiger charge is -2.34. The summed E-state index contributed by atoms with van der Waals surface area (Å²) in [4.78, 5) is 32.6. The van der Waals surface area contributed by atoms with E-state index in [1.807, 2.05) is 54.6 Å². The lowest BCUT2D eigenvalue weighted by atomic mass is 10.0. The Kier molecular flexibility index (Phi) is 5.86. The third-order valence-corrected chi connectivity index (χ3v) is 5.81. The summed E-state index contributed by atoms with van der Waals surface area (Å²) in [7, 11) is 3.66. The van der Waals surface area contributed by atoms with Gasteiger partial charge in [-0.25, -0.2) is 0 Å². The predicted molar refractivity (Wildman–Crippen MR) is 116 cm³/mol. The number of para-hydroxylation sites is 1. The number of rotatable bonds is 6. The van der Waals surface area contributed by atoms with Crippen LogP contribution in [-0.4, -0.2) is 73.4 Å². The third kappa shape index (κ3) is 3.83. The van der Waals surface area contributed by atoms with Gasteiger partial charge in [-0.15, -0.1) is 0 Å². The number of benzene rings is 2. The lowest BCUT2D eigenvalue weighted by Crippen LogP contribution is -2.46. The molecule has 0 unspecified atom stereocenters. The zero-order chi connectivity index (χ0) is 21.1. The molecule has 0 N–H and O–H groups in total. The number of amides is 2. The molecule has 0 radical (unpaired) electrons. The van der Waals surface area contributed by atoms with Gasteiger partial charge in [-0.3, -0.25) is 14.5 Å². The van der Waals surface area contributed by atoms with E-state index < -0.39 is 0 Å². The molecule has 0 atom stereocenters. The van der Waals surface area contributed by atoms with Crippen LogP contribution in [0.2, 0.25) is 0 Å². The fourth-order valence-corrected chi connectivity index (χ4v) is 4.07. The van der Waals surface area contributed by atoms with Crippen LogP contribution in [0.3, 0.4) is 0 Å². The Morgan fingerprint density at radius 1 is 0.867 bits per heavy atom. The van der Waals surface area contributed by atoms with E-state index in [4.69, 9.17) is 4.74 Å². The van der Waals surface area contributed by atoms with Gasteiger partial charge in [-0.2, -0.15) is 0 Å². The molecule has 156 valence electrons. The van der Waals surface area contributed by atoms with Crippen LogP contribution in [0.4, 0.5) is 0 Å². The number of imide groups is 1. The first-order valence-electron chi connectivity index (χ1n) is 10.3. The van der Waals surface area contributed by atoms with Gasteiger partial charge in [-0.1, -0.05) is 48.5 Å². The van der Waals surface area contributed by atoms with E-state index in [0.717, 1.165) is 31.7 Å². The number of piperazine rings is 1. The topological polar surface area (TPSA) is 53.1 Å². The van der Waals surface area contributed by atoms with Crippen molar-refractivity contribution in [2.24, 2.45) is 0 Å². The van der Waals surface area contributed by atoms with E-state index in [2.05, 4.69) is 16.8 Å². The van der Waals surface area contributed by atoms with E-state index in [0.29, 0.717) is 35.5 Å². The zero-order valence-electron chi connectivity index (χ0n) is 17.5. The zero-order valence-corrected chi connectivity index (χ0v) is 17.5. The highest BCUT2D eigenvalue weighted by atomic mass is 16.5. The Hall–Kier alpha value is -3.12. The van der Waals surface area contributed by atoms with Crippen molar-refractivity contribution in [1.29, 1.82) is 0 Å². The van der Waals surface area contributed by atoms with Crippen LogP contribution in [0.5, 0.6) is 5.75 Å². The first kappa shape index (κ1) is 20.2. The fraction of sp³-hybridized carbons (Fsp3) is 0.333. The summed E-state index contributed by atoms with van der Waals surface area (Å²) in [6.45, 7) is 3.51. The van der Waals surface area contributed by atoms with Crippen molar-refractivity contribution < 1.29 is 14.3 Å². The molecule has 4 rings (SSSR count). The summed E-state index contributed by atoms with van der Waals surface area (Å²) in [6.07, 6.45) is 0.632. The first-order valence-corrected chi connectivity index (χ1v) is 10.3. The Labute approximate surface area is 177 Å². The maximum atomic E-state index is 13.5.